The molecule has 0 radical (unpaired) electrons. The Hall–Kier alpha value is -2.53. The van der Waals surface area contributed by atoms with Crippen LogP contribution in [0.1, 0.15) is 6.92 Å². The van der Waals surface area contributed by atoms with Gasteiger partial charge in [0.2, 0.25) is 17.8 Å². The van der Waals surface area contributed by atoms with Gasteiger partial charge in [-0.05, 0) is 19.1 Å². The zero-order chi connectivity index (χ0) is 27.0. The standard InChI is InChI=1S/C23H30O14/c1-8-13(25)15(27)17(29)22(34-8)33-7-11-14(26)16(28)18(30)23(35-11)37-21-19-9(4-5-12(24)36-19)6-10(31-2)20(21)32-3/h4-6,8,11,13-18,22-23,25-30H,7H2,1-3H3/t8-,11+,13-,14+,15+,16-,17+,18+,22+,23-/m0/s1. The van der Waals surface area contributed by atoms with E-state index in [1.165, 1.54) is 33.3 Å². The van der Waals surface area contributed by atoms with E-state index in [0.29, 0.717) is 5.39 Å². The molecule has 206 valence electrons. The third-order valence-corrected chi connectivity index (χ3v) is 6.35. The fraction of sp³-hybridized carbons (Fsp3) is 0.609. The van der Waals surface area contributed by atoms with E-state index in [-0.39, 0.29) is 22.8 Å². The van der Waals surface area contributed by atoms with Gasteiger partial charge in [-0.2, -0.15) is 0 Å². The fourth-order valence-electron chi connectivity index (χ4n) is 4.20. The summed E-state index contributed by atoms with van der Waals surface area (Å²) in [5.74, 6) is 0.0515. The highest BCUT2D eigenvalue weighted by Gasteiger charge is 2.47. The lowest BCUT2D eigenvalue weighted by molar-refractivity contribution is -0.318. The third-order valence-electron chi connectivity index (χ3n) is 6.35. The minimum atomic E-state index is -1.76. The largest absolute Gasteiger partial charge is 0.493 e. The minimum absolute atomic E-state index is 0.00817. The quantitative estimate of drug-likeness (QED) is 0.211. The average Bonchev–Trinajstić information content (AvgIpc) is 2.89. The van der Waals surface area contributed by atoms with Crippen molar-refractivity contribution >= 4 is 11.0 Å². The maximum absolute atomic E-state index is 11.9. The van der Waals surface area contributed by atoms with Gasteiger partial charge in [0.25, 0.3) is 0 Å². The van der Waals surface area contributed by atoms with E-state index in [9.17, 15) is 35.4 Å². The second-order valence-electron chi connectivity index (χ2n) is 8.76. The monoisotopic (exact) mass is 530 g/mol. The van der Waals surface area contributed by atoms with Crippen molar-refractivity contribution in [1.82, 2.24) is 0 Å². The van der Waals surface area contributed by atoms with Crippen molar-refractivity contribution in [3.8, 4) is 17.2 Å². The Morgan fingerprint density at radius 1 is 0.811 bits per heavy atom. The molecule has 1 aromatic heterocycles. The Balaban J connectivity index is 1.58. The molecule has 0 unspecified atom stereocenters. The van der Waals surface area contributed by atoms with Crippen LogP contribution in [0.4, 0.5) is 0 Å². The van der Waals surface area contributed by atoms with Crippen LogP contribution in [0.15, 0.2) is 27.4 Å². The van der Waals surface area contributed by atoms with Crippen LogP contribution >= 0.6 is 0 Å². The van der Waals surface area contributed by atoms with Crippen molar-refractivity contribution < 1.29 is 63.5 Å². The Kier molecular flexibility index (Phi) is 8.23. The molecule has 1 aromatic carbocycles. The predicted molar refractivity (Wildman–Crippen MR) is 121 cm³/mol. The number of methoxy groups -OCH3 is 2. The molecule has 2 aliphatic heterocycles. The highest BCUT2D eigenvalue weighted by Crippen LogP contribution is 2.44. The molecule has 0 bridgehead atoms. The number of hydrogen-bond donors (Lipinski definition) is 6. The number of ether oxygens (including phenoxy) is 6. The van der Waals surface area contributed by atoms with Gasteiger partial charge in [-0.1, -0.05) is 0 Å². The van der Waals surface area contributed by atoms with Gasteiger partial charge in [-0.15, -0.1) is 0 Å². The number of fused-ring (bicyclic) bond motifs is 1. The SMILES string of the molecule is COc1cc2ccc(=O)oc2c(O[C@@H]2O[C@H](CO[C@@H]3O[C@@H](C)[C@H](O)[C@@H](O)[C@H]3O)[C@@H](O)[C@H](O)[C@H]2O)c1OC. The molecule has 2 aliphatic rings. The van der Waals surface area contributed by atoms with Gasteiger partial charge in [0.1, 0.15) is 42.7 Å². The van der Waals surface area contributed by atoms with Gasteiger partial charge in [-0.25, -0.2) is 4.79 Å². The molecule has 10 atom stereocenters. The van der Waals surface area contributed by atoms with Crippen molar-refractivity contribution in [2.45, 2.75) is 68.3 Å². The van der Waals surface area contributed by atoms with Crippen molar-refractivity contribution in [2.75, 3.05) is 20.8 Å². The first-order valence-corrected chi connectivity index (χ1v) is 11.4. The summed E-state index contributed by atoms with van der Waals surface area (Å²) in [6, 6.07) is 4.19. The van der Waals surface area contributed by atoms with Crippen molar-refractivity contribution in [1.29, 1.82) is 0 Å². The van der Waals surface area contributed by atoms with Crippen molar-refractivity contribution in [2.24, 2.45) is 0 Å². The maximum atomic E-state index is 11.9. The molecule has 0 saturated carbocycles. The van der Waals surface area contributed by atoms with E-state index in [1.807, 2.05) is 0 Å². The fourth-order valence-corrected chi connectivity index (χ4v) is 4.20. The smallest absolute Gasteiger partial charge is 0.336 e. The minimum Gasteiger partial charge on any atom is -0.493 e. The van der Waals surface area contributed by atoms with Crippen LogP contribution in [-0.4, -0.2) is 113 Å². The first-order chi connectivity index (χ1) is 17.6. The van der Waals surface area contributed by atoms with Crippen molar-refractivity contribution in [3.05, 3.63) is 28.6 Å². The zero-order valence-electron chi connectivity index (χ0n) is 20.2. The summed E-state index contributed by atoms with van der Waals surface area (Å²) < 4.78 is 38.3. The van der Waals surface area contributed by atoms with E-state index in [0.717, 1.165) is 0 Å². The van der Waals surface area contributed by atoms with Crippen LogP contribution in [0.25, 0.3) is 11.0 Å². The highest BCUT2D eigenvalue weighted by atomic mass is 16.7. The van der Waals surface area contributed by atoms with Gasteiger partial charge < -0.3 is 63.5 Å². The first-order valence-electron chi connectivity index (χ1n) is 11.4. The average molecular weight is 530 g/mol. The molecule has 4 rings (SSSR count). The van der Waals surface area contributed by atoms with Gasteiger partial charge in [0.05, 0.1) is 26.9 Å². The molecule has 6 N–H and O–H groups in total. The van der Waals surface area contributed by atoms with E-state index in [1.54, 1.807) is 6.07 Å². The Morgan fingerprint density at radius 3 is 2.16 bits per heavy atom. The van der Waals surface area contributed by atoms with Crippen LogP contribution < -0.4 is 19.8 Å². The van der Waals surface area contributed by atoms with Crippen LogP contribution in [0.5, 0.6) is 17.2 Å². The predicted octanol–water partition coefficient (Wildman–Crippen LogP) is -2.16. The summed E-state index contributed by atoms with van der Waals surface area (Å²) in [6.45, 7) is 0.990. The maximum Gasteiger partial charge on any atom is 0.336 e. The molecule has 0 aliphatic carbocycles. The molecule has 0 amide bonds. The van der Waals surface area contributed by atoms with Crippen molar-refractivity contribution in [3.63, 3.8) is 0 Å². The summed E-state index contributed by atoms with van der Waals surface area (Å²) in [5, 5.41) is 61.8. The summed E-state index contributed by atoms with van der Waals surface area (Å²) >= 11 is 0. The van der Waals surface area contributed by atoms with Gasteiger partial charge >= 0.3 is 5.63 Å². The topological polar surface area (TPSA) is 207 Å². The van der Waals surface area contributed by atoms with E-state index in [2.05, 4.69) is 0 Å². The summed E-state index contributed by atoms with van der Waals surface area (Å²) in [4.78, 5) is 11.9. The number of aliphatic hydroxyl groups is 6. The lowest BCUT2D eigenvalue weighted by Crippen LogP contribution is -2.61. The number of rotatable bonds is 7. The second-order valence-corrected chi connectivity index (χ2v) is 8.76. The number of benzene rings is 1. The Morgan fingerprint density at radius 2 is 1.49 bits per heavy atom. The molecular formula is C23H30O14. The van der Waals surface area contributed by atoms with Crippen LogP contribution in [0.3, 0.4) is 0 Å². The van der Waals surface area contributed by atoms with Gasteiger partial charge in [0, 0.05) is 11.5 Å². The Labute approximate surface area is 210 Å². The van der Waals surface area contributed by atoms with Gasteiger partial charge in [0.15, 0.2) is 17.6 Å². The van der Waals surface area contributed by atoms with E-state index >= 15 is 0 Å². The van der Waals surface area contributed by atoms with Gasteiger partial charge in [-0.3, -0.25) is 0 Å². The molecule has 2 aromatic rings. The van der Waals surface area contributed by atoms with E-state index in [4.69, 9.17) is 32.8 Å². The number of aliphatic hydroxyl groups excluding tert-OH is 6. The second kappa shape index (κ2) is 11.1. The molecule has 2 saturated heterocycles. The first kappa shape index (κ1) is 27.5. The molecule has 37 heavy (non-hydrogen) atoms. The molecular weight excluding hydrogens is 500 g/mol. The summed E-state index contributed by atoms with van der Waals surface area (Å²) in [5.41, 5.74) is -0.737. The lowest BCUT2D eigenvalue weighted by atomic mass is 9.98. The highest BCUT2D eigenvalue weighted by molar-refractivity contribution is 5.88. The van der Waals surface area contributed by atoms with Crippen LogP contribution in [0.2, 0.25) is 0 Å². The summed E-state index contributed by atoms with van der Waals surface area (Å²) in [6.07, 6.45) is -14.8. The van der Waals surface area contributed by atoms with Crippen LogP contribution in [-0.2, 0) is 14.2 Å². The zero-order valence-corrected chi connectivity index (χ0v) is 20.2. The number of hydrogen-bond acceptors (Lipinski definition) is 14. The molecule has 14 nitrogen and oxygen atoms in total. The van der Waals surface area contributed by atoms with Crippen LogP contribution in [0, 0.1) is 0 Å². The molecule has 14 heteroatoms. The Bertz CT molecular complexity index is 1140. The normalized spacial score (nSPS) is 36.4. The lowest BCUT2D eigenvalue weighted by Gasteiger charge is -2.42. The molecule has 0 spiro atoms. The van der Waals surface area contributed by atoms with E-state index < -0.39 is 73.6 Å². The third kappa shape index (κ3) is 5.25. The molecule has 3 heterocycles. The summed E-state index contributed by atoms with van der Waals surface area (Å²) in [7, 11) is 2.69. The molecule has 2 fully saturated rings.